The Morgan fingerprint density at radius 2 is 1.86 bits per heavy atom. The molecule has 3 rings (SSSR count). The minimum atomic E-state index is 0.0587. The Morgan fingerprint density at radius 1 is 1.21 bits per heavy atom. The summed E-state index contributed by atoms with van der Waals surface area (Å²) in [6, 6.07) is 0.650. The highest BCUT2D eigenvalue weighted by molar-refractivity contribution is 6.08. The molecule has 0 aromatic heterocycles. The Labute approximate surface area is 82.6 Å². The van der Waals surface area contributed by atoms with Crippen LogP contribution >= 0.6 is 0 Å². The van der Waals surface area contributed by atoms with Crippen molar-refractivity contribution in [3.05, 3.63) is 0 Å². The molecule has 1 N–H and O–H groups in total. The second kappa shape index (κ2) is 2.79. The van der Waals surface area contributed by atoms with Gasteiger partial charge >= 0.3 is 0 Å². The lowest BCUT2D eigenvalue weighted by molar-refractivity contribution is -0.141. The SMILES string of the molecule is O=C1C2CC2C(=O)N1CCNC1CC1. The van der Waals surface area contributed by atoms with Crippen molar-refractivity contribution in [2.75, 3.05) is 13.1 Å². The van der Waals surface area contributed by atoms with Gasteiger partial charge in [-0.1, -0.05) is 0 Å². The molecule has 2 unspecified atom stereocenters. The Bertz CT molecular complexity index is 278. The van der Waals surface area contributed by atoms with E-state index in [-0.39, 0.29) is 23.7 Å². The number of hydrogen-bond donors (Lipinski definition) is 1. The standard InChI is InChI=1S/C10H14N2O2/c13-9-7-5-8(7)10(14)12(9)4-3-11-6-1-2-6/h6-8,11H,1-5H2. The van der Waals surface area contributed by atoms with Gasteiger partial charge in [0, 0.05) is 19.1 Å². The molecule has 76 valence electrons. The van der Waals surface area contributed by atoms with Gasteiger partial charge in [-0.3, -0.25) is 14.5 Å². The molecule has 1 heterocycles. The molecule has 3 aliphatic rings. The van der Waals surface area contributed by atoms with E-state index in [1.165, 1.54) is 17.7 Å². The Kier molecular flexibility index (Phi) is 1.68. The van der Waals surface area contributed by atoms with E-state index in [0.717, 1.165) is 13.0 Å². The molecule has 0 radical (unpaired) electrons. The first kappa shape index (κ1) is 8.41. The van der Waals surface area contributed by atoms with Crippen LogP contribution in [0.3, 0.4) is 0 Å². The van der Waals surface area contributed by atoms with E-state index in [4.69, 9.17) is 0 Å². The molecular weight excluding hydrogens is 180 g/mol. The summed E-state index contributed by atoms with van der Waals surface area (Å²) in [5.74, 6) is 0.252. The van der Waals surface area contributed by atoms with E-state index < -0.39 is 0 Å². The Hall–Kier alpha value is -0.900. The molecule has 0 aromatic carbocycles. The third kappa shape index (κ3) is 1.25. The quantitative estimate of drug-likeness (QED) is 0.627. The normalized spacial score (nSPS) is 35.0. The average Bonchev–Trinajstić information content (AvgIpc) is 2.99. The van der Waals surface area contributed by atoms with Crippen LogP contribution in [0.25, 0.3) is 0 Å². The third-order valence-electron chi connectivity index (χ3n) is 3.30. The highest BCUT2D eigenvalue weighted by Crippen LogP contribution is 2.46. The number of imide groups is 1. The molecule has 4 nitrogen and oxygen atoms in total. The fourth-order valence-electron chi connectivity index (χ4n) is 2.14. The van der Waals surface area contributed by atoms with Crippen LogP contribution in [0.1, 0.15) is 19.3 Å². The lowest BCUT2D eigenvalue weighted by atomic mass is 10.4. The summed E-state index contributed by atoms with van der Waals surface area (Å²) in [6.07, 6.45) is 3.30. The maximum atomic E-state index is 11.5. The zero-order chi connectivity index (χ0) is 9.71. The van der Waals surface area contributed by atoms with E-state index in [0.29, 0.717) is 12.6 Å². The molecular formula is C10H14N2O2. The Balaban J connectivity index is 1.51. The van der Waals surface area contributed by atoms with Gasteiger partial charge in [0.1, 0.15) is 0 Å². The smallest absolute Gasteiger partial charge is 0.233 e. The van der Waals surface area contributed by atoms with Gasteiger partial charge in [-0.25, -0.2) is 0 Å². The minimum Gasteiger partial charge on any atom is -0.312 e. The number of carbonyl (C=O) groups excluding carboxylic acids is 2. The molecule has 2 atom stereocenters. The molecule has 4 heteroatoms. The lowest BCUT2D eigenvalue weighted by Gasteiger charge is -2.16. The van der Waals surface area contributed by atoms with E-state index in [1.807, 2.05) is 0 Å². The van der Waals surface area contributed by atoms with Gasteiger partial charge in [-0.15, -0.1) is 0 Å². The van der Waals surface area contributed by atoms with Crippen molar-refractivity contribution in [3.63, 3.8) is 0 Å². The topological polar surface area (TPSA) is 49.4 Å². The minimum absolute atomic E-state index is 0.0587. The van der Waals surface area contributed by atoms with Crippen molar-refractivity contribution in [2.24, 2.45) is 11.8 Å². The molecule has 3 fully saturated rings. The summed E-state index contributed by atoms with van der Waals surface area (Å²) < 4.78 is 0. The van der Waals surface area contributed by atoms with Crippen LogP contribution in [-0.4, -0.2) is 35.8 Å². The van der Waals surface area contributed by atoms with Crippen LogP contribution in [0.15, 0.2) is 0 Å². The maximum absolute atomic E-state index is 11.5. The first-order valence-corrected chi connectivity index (χ1v) is 5.36. The fraction of sp³-hybridized carbons (Fsp3) is 0.800. The van der Waals surface area contributed by atoms with E-state index in [1.54, 1.807) is 0 Å². The number of nitrogens with zero attached hydrogens (tertiary/aromatic N) is 1. The van der Waals surface area contributed by atoms with E-state index in [2.05, 4.69) is 5.32 Å². The van der Waals surface area contributed by atoms with Crippen molar-refractivity contribution < 1.29 is 9.59 Å². The van der Waals surface area contributed by atoms with E-state index in [9.17, 15) is 9.59 Å². The number of fused-ring (bicyclic) bond motifs is 1. The molecule has 2 saturated carbocycles. The Morgan fingerprint density at radius 3 is 2.43 bits per heavy atom. The van der Waals surface area contributed by atoms with Crippen LogP contribution in [-0.2, 0) is 9.59 Å². The van der Waals surface area contributed by atoms with Crippen molar-refractivity contribution >= 4 is 11.8 Å². The molecule has 2 aliphatic carbocycles. The molecule has 0 aromatic rings. The molecule has 1 aliphatic heterocycles. The van der Waals surface area contributed by atoms with Gasteiger partial charge in [0.25, 0.3) is 0 Å². The van der Waals surface area contributed by atoms with Crippen LogP contribution in [0, 0.1) is 11.8 Å². The largest absolute Gasteiger partial charge is 0.312 e. The van der Waals surface area contributed by atoms with Crippen LogP contribution < -0.4 is 5.32 Å². The van der Waals surface area contributed by atoms with Crippen LogP contribution in [0.2, 0.25) is 0 Å². The summed E-state index contributed by atoms with van der Waals surface area (Å²) in [5.41, 5.74) is 0. The van der Waals surface area contributed by atoms with Crippen molar-refractivity contribution in [2.45, 2.75) is 25.3 Å². The molecule has 2 amide bonds. The summed E-state index contributed by atoms with van der Waals surface area (Å²) in [7, 11) is 0. The van der Waals surface area contributed by atoms with Gasteiger partial charge in [-0.05, 0) is 19.3 Å². The lowest BCUT2D eigenvalue weighted by Crippen LogP contribution is -2.38. The van der Waals surface area contributed by atoms with Gasteiger partial charge < -0.3 is 5.32 Å². The van der Waals surface area contributed by atoms with Gasteiger partial charge in [0.2, 0.25) is 11.8 Å². The number of rotatable bonds is 4. The second-order valence-electron chi connectivity index (χ2n) is 4.51. The van der Waals surface area contributed by atoms with Gasteiger partial charge in [-0.2, -0.15) is 0 Å². The molecule has 0 spiro atoms. The van der Waals surface area contributed by atoms with Crippen molar-refractivity contribution in [1.82, 2.24) is 10.2 Å². The van der Waals surface area contributed by atoms with E-state index >= 15 is 0 Å². The number of carbonyl (C=O) groups is 2. The molecule has 14 heavy (non-hydrogen) atoms. The predicted molar refractivity (Wildman–Crippen MR) is 49.3 cm³/mol. The third-order valence-corrected chi connectivity index (χ3v) is 3.30. The first-order valence-electron chi connectivity index (χ1n) is 5.36. The zero-order valence-corrected chi connectivity index (χ0v) is 8.03. The zero-order valence-electron chi connectivity index (χ0n) is 8.03. The highest BCUT2D eigenvalue weighted by atomic mass is 16.2. The highest BCUT2D eigenvalue weighted by Gasteiger charge is 2.58. The number of nitrogens with one attached hydrogen (secondary N) is 1. The predicted octanol–water partition coefficient (Wildman–Crippen LogP) is -0.257. The summed E-state index contributed by atoms with van der Waals surface area (Å²) >= 11 is 0. The van der Waals surface area contributed by atoms with Crippen LogP contribution in [0.4, 0.5) is 0 Å². The summed E-state index contributed by atoms with van der Waals surface area (Å²) in [5, 5.41) is 3.31. The number of amides is 2. The summed E-state index contributed by atoms with van der Waals surface area (Å²) in [6.45, 7) is 1.34. The van der Waals surface area contributed by atoms with Gasteiger partial charge in [0.15, 0.2) is 0 Å². The maximum Gasteiger partial charge on any atom is 0.233 e. The first-order chi connectivity index (χ1) is 6.77. The summed E-state index contributed by atoms with van der Waals surface area (Å²) in [4.78, 5) is 24.5. The fourth-order valence-corrected chi connectivity index (χ4v) is 2.14. The van der Waals surface area contributed by atoms with Gasteiger partial charge in [0.05, 0.1) is 11.8 Å². The van der Waals surface area contributed by atoms with Crippen molar-refractivity contribution in [3.8, 4) is 0 Å². The van der Waals surface area contributed by atoms with Crippen LogP contribution in [0.5, 0.6) is 0 Å². The molecule has 1 saturated heterocycles. The monoisotopic (exact) mass is 194 g/mol. The number of piperidine rings is 1. The number of likely N-dealkylation sites (tertiary alicyclic amines) is 1. The second-order valence-corrected chi connectivity index (χ2v) is 4.51. The molecule has 0 bridgehead atoms. The van der Waals surface area contributed by atoms with Crippen molar-refractivity contribution in [1.29, 1.82) is 0 Å². The average molecular weight is 194 g/mol. The number of hydrogen-bond acceptors (Lipinski definition) is 3.